The maximum Gasteiger partial charge on any atom is 0.402 e. The van der Waals surface area contributed by atoms with Gasteiger partial charge in [0, 0.05) is 12.5 Å². The van der Waals surface area contributed by atoms with E-state index in [9.17, 15) is 34.8 Å². The lowest BCUT2D eigenvalue weighted by Crippen LogP contribution is -2.44. The normalized spacial score (nSPS) is 13.6. The van der Waals surface area contributed by atoms with E-state index in [-0.39, 0.29) is 13.8 Å². The van der Waals surface area contributed by atoms with Gasteiger partial charge in [0.1, 0.15) is 9.84 Å². The highest BCUT2D eigenvalue weighted by atomic mass is 32.2. The minimum absolute atomic E-state index is 0.104. The van der Waals surface area contributed by atoms with Gasteiger partial charge in [0.25, 0.3) is 0 Å². The first-order valence-electron chi connectivity index (χ1n) is 5.78. The van der Waals surface area contributed by atoms with E-state index in [1.54, 1.807) is 0 Å². The molecule has 2 nitrogen and oxygen atoms in total. The number of sulfone groups is 1. The van der Waals surface area contributed by atoms with Crippen LogP contribution in [0.3, 0.4) is 0 Å². The van der Waals surface area contributed by atoms with Crippen molar-refractivity contribution < 1.29 is 34.8 Å². The SMILES string of the molecule is CC(C)(C(F)(F)F)C(F)(F)F.CC(C)(C)C.CS(C)(=O)=O. The molecule has 0 unspecified atom stereocenters. The van der Waals surface area contributed by atoms with Crippen molar-refractivity contribution in [3.8, 4) is 0 Å². The van der Waals surface area contributed by atoms with E-state index in [1.807, 2.05) is 0 Å². The molecule has 0 spiro atoms. The molecule has 9 heteroatoms. The van der Waals surface area contributed by atoms with Crippen LogP contribution >= 0.6 is 0 Å². The fourth-order valence-electron chi connectivity index (χ4n) is 0.161. The third-order valence-corrected chi connectivity index (χ3v) is 1.42. The van der Waals surface area contributed by atoms with Crippen LogP contribution in [-0.2, 0) is 9.84 Å². The first-order chi connectivity index (χ1) is 8.50. The summed E-state index contributed by atoms with van der Waals surface area (Å²) < 4.78 is 88.9. The fraction of sp³-hybridized carbons (Fsp3) is 1.00. The minimum Gasteiger partial charge on any atom is -0.229 e. The Bertz CT molecular complexity index is 355. The lowest BCUT2D eigenvalue weighted by Gasteiger charge is -2.29. The summed E-state index contributed by atoms with van der Waals surface area (Å²) in [5.74, 6) is 0. The van der Waals surface area contributed by atoms with E-state index in [1.165, 1.54) is 0 Å². The average Bonchev–Trinajstić information content (AvgIpc) is 1.91. The highest BCUT2D eigenvalue weighted by Gasteiger charge is 2.64. The third kappa shape index (κ3) is 19.5. The quantitative estimate of drug-likeness (QED) is 0.588. The fourth-order valence-corrected chi connectivity index (χ4v) is 0.161. The highest BCUT2D eigenvalue weighted by molar-refractivity contribution is 7.89. The number of hydrogen-bond acceptors (Lipinski definition) is 2. The van der Waals surface area contributed by atoms with Crippen molar-refractivity contribution in [2.75, 3.05) is 12.5 Å². The molecule has 0 saturated carbocycles. The Labute approximate surface area is 122 Å². The van der Waals surface area contributed by atoms with Gasteiger partial charge in [-0.3, -0.25) is 0 Å². The molecule has 0 aliphatic rings. The Balaban J connectivity index is -0.000000270. The zero-order chi connectivity index (χ0) is 18.5. The van der Waals surface area contributed by atoms with Crippen LogP contribution < -0.4 is 0 Å². The van der Waals surface area contributed by atoms with Crippen molar-refractivity contribution in [3.05, 3.63) is 0 Å². The Morgan fingerprint density at radius 1 is 0.619 bits per heavy atom. The molecule has 0 aliphatic carbocycles. The summed E-state index contributed by atoms with van der Waals surface area (Å²) in [7, 11) is -2.67. The molecule has 0 aliphatic heterocycles. The van der Waals surface area contributed by atoms with E-state index >= 15 is 0 Å². The predicted molar refractivity (Wildman–Crippen MR) is 71.8 cm³/mol. The maximum atomic E-state index is 11.6. The van der Waals surface area contributed by atoms with Gasteiger partial charge in [-0.05, 0) is 19.3 Å². The molecular formula is C12H24F6O2S. The molecule has 21 heavy (non-hydrogen) atoms. The van der Waals surface area contributed by atoms with Gasteiger partial charge in [-0.25, -0.2) is 8.42 Å². The van der Waals surface area contributed by atoms with E-state index in [2.05, 4.69) is 27.7 Å². The molecule has 0 amide bonds. The van der Waals surface area contributed by atoms with Crippen LogP contribution in [0.5, 0.6) is 0 Å². The van der Waals surface area contributed by atoms with Crippen molar-refractivity contribution >= 4 is 9.84 Å². The first kappa shape index (κ1) is 25.5. The van der Waals surface area contributed by atoms with Crippen LogP contribution in [0.15, 0.2) is 0 Å². The Morgan fingerprint density at radius 2 is 0.714 bits per heavy atom. The predicted octanol–water partition coefficient (Wildman–Crippen LogP) is 4.85. The molecule has 0 rings (SSSR count). The lowest BCUT2D eigenvalue weighted by molar-refractivity contribution is -0.327. The van der Waals surface area contributed by atoms with Crippen LogP contribution in [-0.4, -0.2) is 33.3 Å². The monoisotopic (exact) mass is 346 g/mol. The lowest BCUT2D eigenvalue weighted by atomic mass is 9.92. The number of halogens is 6. The summed E-state index contributed by atoms with van der Waals surface area (Å²) >= 11 is 0. The summed E-state index contributed by atoms with van der Waals surface area (Å²) in [6.07, 6.45) is -8.17. The molecule has 0 aromatic rings. The van der Waals surface area contributed by atoms with Gasteiger partial charge in [0.15, 0.2) is 5.41 Å². The molecule has 0 heterocycles. The van der Waals surface area contributed by atoms with Gasteiger partial charge >= 0.3 is 12.4 Å². The second-order valence-corrected chi connectivity index (χ2v) is 9.05. The Morgan fingerprint density at radius 3 is 0.714 bits per heavy atom. The largest absolute Gasteiger partial charge is 0.402 e. The van der Waals surface area contributed by atoms with Crippen molar-refractivity contribution in [2.45, 2.75) is 53.9 Å². The van der Waals surface area contributed by atoms with Gasteiger partial charge in [-0.15, -0.1) is 0 Å². The summed E-state index contributed by atoms with van der Waals surface area (Å²) in [6, 6.07) is 0. The first-order valence-corrected chi connectivity index (χ1v) is 8.08. The zero-order valence-electron chi connectivity index (χ0n) is 13.5. The van der Waals surface area contributed by atoms with Crippen molar-refractivity contribution in [3.63, 3.8) is 0 Å². The summed E-state index contributed by atoms with van der Waals surface area (Å²) in [5.41, 5.74) is -3.12. The molecular weight excluding hydrogens is 322 g/mol. The summed E-state index contributed by atoms with van der Waals surface area (Å²) in [4.78, 5) is 0. The maximum absolute atomic E-state index is 11.6. The minimum atomic E-state index is -5.24. The Kier molecular flexibility index (Phi) is 9.33. The highest BCUT2D eigenvalue weighted by Crippen LogP contribution is 2.49. The molecule has 132 valence electrons. The van der Waals surface area contributed by atoms with E-state index in [0.717, 1.165) is 12.5 Å². The summed E-state index contributed by atoms with van der Waals surface area (Å²) in [6.45, 7) is 8.96. The van der Waals surface area contributed by atoms with Crippen LogP contribution in [0.2, 0.25) is 0 Å². The molecule has 0 aromatic heterocycles. The molecule has 0 radical (unpaired) electrons. The number of rotatable bonds is 0. The van der Waals surface area contributed by atoms with Crippen molar-refractivity contribution in [1.29, 1.82) is 0 Å². The van der Waals surface area contributed by atoms with Crippen LogP contribution in [0.1, 0.15) is 41.5 Å². The van der Waals surface area contributed by atoms with Gasteiger partial charge in [-0.1, -0.05) is 27.7 Å². The molecule has 0 atom stereocenters. The van der Waals surface area contributed by atoms with Gasteiger partial charge < -0.3 is 0 Å². The topological polar surface area (TPSA) is 34.1 Å². The standard InChI is InChI=1S/C5H6F6.C5H12.C2H6O2S/c1-3(2,4(6,7)8)5(9,10)11;2*1-5(2,3)4/h1-2H3;1-4H3;1-2H3. The second-order valence-electron chi connectivity index (χ2n) is 6.76. The van der Waals surface area contributed by atoms with Gasteiger partial charge in [-0.2, -0.15) is 26.3 Å². The van der Waals surface area contributed by atoms with Crippen LogP contribution in [0.25, 0.3) is 0 Å². The number of hydrogen-bond donors (Lipinski definition) is 0. The molecule has 0 aromatic carbocycles. The van der Waals surface area contributed by atoms with Gasteiger partial charge in [0.05, 0.1) is 0 Å². The van der Waals surface area contributed by atoms with Gasteiger partial charge in [0.2, 0.25) is 0 Å². The van der Waals surface area contributed by atoms with E-state index < -0.39 is 27.6 Å². The van der Waals surface area contributed by atoms with Crippen molar-refractivity contribution in [1.82, 2.24) is 0 Å². The Hall–Kier alpha value is -0.470. The van der Waals surface area contributed by atoms with Crippen molar-refractivity contribution in [2.24, 2.45) is 10.8 Å². The van der Waals surface area contributed by atoms with Crippen LogP contribution in [0, 0.1) is 10.8 Å². The van der Waals surface area contributed by atoms with E-state index in [0.29, 0.717) is 5.41 Å². The van der Waals surface area contributed by atoms with E-state index in [4.69, 9.17) is 0 Å². The zero-order valence-corrected chi connectivity index (χ0v) is 14.3. The average molecular weight is 346 g/mol. The molecule has 0 N–H and O–H groups in total. The molecule has 0 fully saturated rings. The number of alkyl halides is 6. The third-order valence-electron chi connectivity index (χ3n) is 1.42. The molecule has 0 bridgehead atoms. The van der Waals surface area contributed by atoms with Crippen LogP contribution in [0.4, 0.5) is 26.3 Å². The molecule has 0 saturated heterocycles. The second kappa shape index (κ2) is 7.69. The summed E-state index contributed by atoms with van der Waals surface area (Å²) in [5, 5.41) is 0. The smallest absolute Gasteiger partial charge is 0.229 e.